The molecule has 0 aliphatic carbocycles. The van der Waals surface area contributed by atoms with Crippen molar-refractivity contribution in [3.63, 3.8) is 0 Å². The molecule has 0 fully saturated rings. The van der Waals surface area contributed by atoms with E-state index >= 15 is 0 Å². The largest absolute Gasteiger partial charge is 0.0617 e. The predicted molar refractivity (Wildman–Crippen MR) is 228 cm³/mol. The zero-order valence-electron chi connectivity index (χ0n) is 30.5. The Hall–Kier alpha value is -5.98. The molecule has 0 aliphatic heterocycles. The van der Waals surface area contributed by atoms with E-state index in [1.54, 1.807) is 0 Å². The third-order valence-electron chi connectivity index (χ3n) is 12.5. The maximum absolute atomic E-state index is 2.53. The van der Waals surface area contributed by atoms with Crippen LogP contribution < -0.4 is 0 Å². The van der Waals surface area contributed by atoms with Crippen molar-refractivity contribution in [3.05, 3.63) is 155 Å². The van der Waals surface area contributed by atoms with Crippen LogP contribution in [0.4, 0.5) is 0 Å². The lowest BCUT2D eigenvalue weighted by Crippen LogP contribution is -1.88. The summed E-state index contributed by atoms with van der Waals surface area (Å²) in [7, 11) is 0. The standard InChI is InChI=1S/C52H38/c1-27-9-7-10-28(2)47(27)33-15-19-35-37-17-13-31(5)49-39-21-22-40-44(43(39)25-45(51(37)49)41(35)23-33)26-46-42-24-34(48-29(3)11-8-12-30(48)4)16-20-36(42)38-18-14-32(6)50(40)52(38)46/h7-26H,1-6H3. The molecule has 0 bridgehead atoms. The van der Waals surface area contributed by atoms with Crippen LogP contribution in [0.15, 0.2) is 121 Å². The minimum Gasteiger partial charge on any atom is -0.0617 e. The molecule has 0 saturated carbocycles. The van der Waals surface area contributed by atoms with Gasteiger partial charge in [-0.05, 0) is 208 Å². The van der Waals surface area contributed by atoms with E-state index < -0.39 is 0 Å². The second-order valence-electron chi connectivity index (χ2n) is 15.5. The molecule has 0 saturated heterocycles. The fourth-order valence-electron chi connectivity index (χ4n) is 10.2. The molecule has 0 unspecified atom stereocenters. The molecule has 0 amide bonds. The molecule has 0 aromatic heterocycles. The van der Waals surface area contributed by atoms with Gasteiger partial charge in [-0.25, -0.2) is 0 Å². The Labute approximate surface area is 303 Å². The van der Waals surface area contributed by atoms with Crippen molar-refractivity contribution >= 4 is 86.2 Å². The first-order valence-electron chi connectivity index (χ1n) is 18.6. The Morgan fingerprint density at radius 3 is 0.962 bits per heavy atom. The van der Waals surface area contributed by atoms with Crippen molar-refractivity contribution in [1.82, 2.24) is 0 Å². The van der Waals surface area contributed by atoms with E-state index in [1.165, 1.54) is 142 Å². The molecule has 0 radical (unpaired) electrons. The highest BCUT2D eigenvalue weighted by Gasteiger charge is 2.21. The zero-order valence-corrected chi connectivity index (χ0v) is 30.5. The van der Waals surface area contributed by atoms with Crippen LogP contribution >= 0.6 is 0 Å². The Balaban J connectivity index is 1.30. The Bertz CT molecular complexity index is 3070. The minimum atomic E-state index is 1.30. The van der Waals surface area contributed by atoms with Crippen molar-refractivity contribution in [2.24, 2.45) is 0 Å². The quantitative estimate of drug-likeness (QED) is 0.162. The number of benzene rings is 9. The molecular weight excluding hydrogens is 625 g/mol. The SMILES string of the molecule is Cc1cccc(C)c1-c1ccc2c(c1)c1cc3c4cc5c6cc(-c7c(C)cccc7C)ccc6c6ccc(C)c(c4ccc3c3c(C)ccc2c13)c65. The van der Waals surface area contributed by atoms with Gasteiger partial charge >= 0.3 is 0 Å². The van der Waals surface area contributed by atoms with E-state index in [0.717, 1.165) is 0 Å². The average molecular weight is 663 g/mol. The van der Waals surface area contributed by atoms with Gasteiger partial charge in [0.05, 0.1) is 0 Å². The van der Waals surface area contributed by atoms with Crippen LogP contribution in [0.5, 0.6) is 0 Å². The maximum atomic E-state index is 2.53. The molecule has 0 spiro atoms. The molecule has 0 heterocycles. The Morgan fingerprint density at radius 1 is 0.231 bits per heavy atom. The molecule has 0 N–H and O–H groups in total. The molecule has 0 nitrogen and oxygen atoms in total. The molecule has 0 heteroatoms. The Kier molecular flexibility index (Phi) is 5.89. The summed E-state index contributed by atoms with van der Waals surface area (Å²) < 4.78 is 0. The van der Waals surface area contributed by atoms with Crippen LogP contribution in [-0.4, -0.2) is 0 Å². The first kappa shape index (κ1) is 29.7. The number of fused-ring (bicyclic) bond motifs is 11. The van der Waals surface area contributed by atoms with E-state index in [2.05, 4.69) is 163 Å². The predicted octanol–water partition coefficient (Wildman–Crippen LogP) is 15.0. The van der Waals surface area contributed by atoms with Crippen LogP contribution in [0.2, 0.25) is 0 Å². The number of aryl methyl sites for hydroxylation is 6. The average Bonchev–Trinajstić information content (AvgIpc) is 3.62. The molecule has 11 aromatic rings. The molecular formula is C52H38. The van der Waals surface area contributed by atoms with E-state index in [4.69, 9.17) is 0 Å². The van der Waals surface area contributed by atoms with Gasteiger partial charge in [-0.3, -0.25) is 0 Å². The van der Waals surface area contributed by atoms with E-state index in [-0.39, 0.29) is 0 Å². The van der Waals surface area contributed by atoms with Crippen LogP contribution in [0, 0.1) is 41.5 Å². The van der Waals surface area contributed by atoms with E-state index in [9.17, 15) is 0 Å². The lowest BCUT2D eigenvalue weighted by molar-refractivity contribution is 1.38. The van der Waals surface area contributed by atoms with E-state index in [0.29, 0.717) is 0 Å². The molecule has 246 valence electrons. The molecule has 0 atom stereocenters. The van der Waals surface area contributed by atoms with Gasteiger partial charge in [0.15, 0.2) is 0 Å². The summed E-state index contributed by atoms with van der Waals surface area (Å²) in [6.45, 7) is 13.5. The summed E-state index contributed by atoms with van der Waals surface area (Å²) in [5.41, 5.74) is 13.2. The summed E-state index contributed by atoms with van der Waals surface area (Å²) in [4.78, 5) is 0. The smallest absolute Gasteiger partial charge is 0.00172 e. The normalized spacial score (nSPS) is 12.4. The van der Waals surface area contributed by atoms with Crippen LogP contribution in [0.1, 0.15) is 33.4 Å². The molecule has 0 aliphatic rings. The summed E-state index contributed by atoms with van der Waals surface area (Å²) in [6, 6.07) is 46.9. The second kappa shape index (κ2) is 10.3. The molecule has 11 rings (SSSR count). The van der Waals surface area contributed by atoms with Crippen LogP contribution in [0.25, 0.3) is 108 Å². The first-order chi connectivity index (χ1) is 25.3. The van der Waals surface area contributed by atoms with Crippen LogP contribution in [-0.2, 0) is 0 Å². The summed E-state index contributed by atoms with van der Waals surface area (Å²) in [6.07, 6.45) is 0. The maximum Gasteiger partial charge on any atom is -0.00172 e. The number of hydrogen-bond acceptors (Lipinski definition) is 0. The number of hydrogen-bond donors (Lipinski definition) is 0. The summed E-state index contributed by atoms with van der Waals surface area (Å²) in [5, 5.41) is 21.7. The van der Waals surface area contributed by atoms with Gasteiger partial charge in [-0.1, -0.05) is 97.1 Å². The third kappa shape index (κ3) is 3.77. The summed E-state index contributed by atoms with van der Waals surface area (Å²) >= 11 is 0. The molecule has 11 aromatic carbocycles. The van der Waals surface area contributed by atoms with Crippen molar-refractivity contribution in [2.45, 2.75) is 41.5 Å². The first-order valence-corrected chi connectivity index (χ1v) is 18.6. The Morgan fingerprint density at radius 2 is 0.558 bits per heavy atom. The van der Waals surface area contributed by atoms with Gasteiger partial charge in [0, 0.05) is 0 Å². The van der Waals surface area contributed by atoms with Gasteiger partial charge in [-0.15, -0.1) is 0 Å². The second-order valence-corrected chi connectivity index (χ2v) is 15.5. The minimum absolute atomic E-state index is 1.30. The van der Waals surface area contributed by atoms with Gasteiger partial charge in [-0.2, -0.15) is 0 Å². The van der Waals surface area contributed by atoms with Crippen molar-refractivity contribution in [3.8, 4) is 22.3 Å². The highest BCUT2D eigenvalue weighted by molar-refractivity contribution is 6.40. The van der Waals surface area contributed by atoms with Crippen molar-refractivity contribution in [1.29, 1.82) is 0 Å². The zero-order chi connectivity index (χ0) is 35.2. The van der Waals surface area contributed by atoms with Gasteiger partial charge in [0.25, 0.3) is 0 Å². The van der Waals surface area contributed by atoms with Crippen LogP contribution in [0.3, 0.4) is 0 Å². The lowest BCUT2D eigenvalue weighted by Gasteiger charge is -2.14. The summed E-state index contributed by atoms with van der Waals surface area (Å²) in [5.74, 6) is 0. The van der Waals surface area contributed by atoms with Crippen molar-refractivity contribution in [2.75, 3.05) is 0 Å². The number of rotatable bonds is 2. The highest BCUT2D eigenvalue weighted by atomic mass is 14.2. The van der Waals surface area contributed by atoms with Gasteiger partial charge < -0.3 is 0 Å². The highest BCUT2D eigenvalue weighted by Crippen LogP contribution is 2.49. The monoisotopic (exact) mass is 662 g/mol. The topological polar surface area (TPSA) is 0 Å². The fraction of sp³-hybridized carbons (Fsp3) is 0.115. The van der Waals surface area contributed by atoms with Crippen molar-refractivity contribution < 1.29 is 0 Å². The lowest BCUT2D eigenvalue weighted by atomic mass is 9.89. The van der Waals surface area contributed by atoms with Gasteiger partial charge in [0.2, 0.25) is 0 Å². The fourth-order valence-corrected chi connectivity index (χ4v) is 10.2. The molecule has 52 heavy (non-hydrogen) atoms. The van der Waals surface area contributed by atoms with E-state index in [1.807, 2.05) is 0 Å². The van der Waals surface area contributed by atoms with Gasteiger partial charge in [0.1, 0.15) is 0 Å². The third-order valence-corrected chi connectivity index (χ3v) is 12.5.